The van der Waals surface area contributed by atoms with Crippen LogP contribution in [0.4, 0.5) is 11.6 Å². The molecule has 0 aromatic carbocycles. The quantitative estimate of drug-likeness (QED) is 0.580. The third kappa shape index (κ3) is 2.79. The van der Waals surface area contributed by atoms with Crippen LogP contribution < -0.4 is 16.6 Å². The van der Waals surface area contributed by atoms with Crippen molar-refractivity contribution in [1.82, 2.24) is 15.0 Å². The lowest BCUT2D eigenvalue weighted by Crippen LogP contribution is -2.18. The zero-order valence-corrected chi connectivity index (χ0v) is 10.7. The van der Waals surface area contributed by atoms with Crippen molar-refractivity contribution in [2.24, 2.45) is 5.84 Å². The first-order valence-corrected chi connectivity index (χ1v) is 5.70. The van der Waals surface area contributed by atoms with Crippen molar-refractivity contribution in [2.45, 2.75) is 0 Å². The van der Waals surface area contributed by atoms with Crippen molar-refractivity contribution < 1.29 is 4.79 Å². The van der Waals surface area contributed by atoms with Crippen molar-refractivity contribution in [3.63, 3.8) is 0 Å². The molecule has 0 aliphatic heterocycles. The zero-order valence-electron chi connectivity index (χ0n) is 9.09. The van der Waals surface area contributed by atoms with Crippen LogP contribution in [0.5, 0.6) is 0 Å². The molecule has 4 N–H and O–H groups in total. The minimum absolute atomic E-state index is 0.292. The molecule has 0 saturated heterocycles. The van der Waals surface area contributed by atoms with Crippen LogP contribution in [0, 0.1) is 0 Å². The summed E-state index contributed by atoms with van der Waals surface area (Å²) in [5.74, 6) is 5.54. The summed E-state index contributed by atoms with van der Waals surface area (Å²) < 4.78 is 0.589. The van der Waals surface area contributed by atoms with Crippen molar-refractivity contribution in [1.29, 1.82) is 0 Å². The number of hydrogen-bond donors (Lipinski definition) is 3. The van der Waals surface area contributed by atoms with Gasteiger partial charge in [-0.15, -0.1) is 0 Å². The van der Waals surface area contributed by atoms with Gasteiger partial charge < -0.3 is 10.7 Å². The molecule has 18 heavy (non-hydrogen) atoms. The van der Waals surface area contributed by atoms with Gasteiger partial charge in [0.2, 0.25) is 0 Å². The molecule has 2 heterocycles. The second-order valence-corrected chi connectivity index (χ2v) is 4.03. The van der Waals surface area contributed by atoms with Gasteiger partial charge in [0.1, 0.15) is 4.60 Å². The Kier molecular flexibility index (Phi) is 3.80. The number of carbonyl (C=O) groups is 1. The number of anilines is 2. The van der Waals surface area contributed by atoms with E-state index < -0.39 is 0 Å². The van der Waals surface area contributed by atoms with Crippen LogP contribution in [0.3, 0.4) is 0 Å². The second-order valence-electron chi connectivity index (χ2n) is 3.22. The molecule has 8 heteroatoms. The SMILES string of the molecule is NNc1ncccc1C(=O)Nc1cnc(Br)cn1. The third-order valence-electron chi connectivity index (χ3n) is 2.05. The van der Waals surface area contributed by atoms with Crippen LogP contribution in [0.1, 0.15) is 10.4 Å². The van der Waals surface area contributed by atoms with E-state index in [2.05, 4.69) is 41.6 Å². The topological polar surface area (TPSA) is 106 Å². The minimum atomic E-state index is -0.368. The van der Waals surface area contributed by atoms with Crippen LogP contribution in [0.25, 0.3) is 0 Å². The molecule has 7 nitrogen and oxygen atoms in total. The first kappa shape index (κ1) is 12.4. The van der Waals surface area contributed by atoms with Gasteiger partial charge >= 0.3 is 0 Å². The second kappa shape index (κ2) is 5.52. The van der Waals surface area contributed by atoms with E-state index in [0.717, 1.165) is 0 Å². The predicted molar refractivity (Wildman–Crippen MR) is 69.7 cm³/mol. The molecule has 0 fully saturated rings. The summed E-state index contributed by atoms with van der Waals surface area (Å²) in [6.07, 6.45) is 4.46. The Bertz CT molecular complexity index is 559. The smallest absolute Gasteiger partial charge is 0.260 e. The van der Waals surface area contributed by atoms with E-state index in [9.17, 15) is 4.79 Å². The Morgan fingerprint density at radius 3 is 2.78 bits per heavy atom. The number of carbonyl (C=O) groups excluding carboxylic acids is 1. The standard InChI is InChI=1S/C10H9BrN6O/c11-7-4-15-8(5-14-7)16-10(18)6-2-1-3-13-9(6)17-12/h1-5H,12H2,(H,13,17)(H,15,16,18). The van der Waals surface area contributed by atoms with Gasteiger partial charge in [-0.1, -0.05) is 0 Å². The van der Waals surface area contributed by atoms with E-state index >= 15 is 0 Å². The summed E-state index contributed by atoms with van der Waals surface area (Å²) >= 11 is 3.16. The van der Waals surface area contributed by atoms with Crippen LogP contribution >= 0.6 is 15.9 Å². The number of nitrogens with one attached hydrogen (secondary N) is 2. The van der Waals surface area contributed by atoms with E-state index in [4.69, 9.17) is 5.84 Å². The molecule has 0 unspecified atom stereocenters. The van der Waals surface area contributed by atoms with E-state index in [0.29, 0.717) is 21.8 Å². The van der Waals surface area contributed by atoms with Gasteiger partial charge in [-0.2, -0.15) is 0 Å². The van der Waals surface area contributed by atoms with Crippen LogP contribution in [-0.4, -0.2) is 20.9 Å². The van der Waals surface area contributed by atoms with Crippen molar-refractivity contribution in [3.05, 3.63) is 40.9 Å². The number of amides is 1. The molecule has 1 amide bonds. The minimum Gasteiger partial charge on any atom is -0.308 e. The van der Waals surface area contributed by atoms with Gasteiger partial charge in [0.25, 0.3) is 5.91 Å². The Labute approximate surface area is 111 Å². The summed E-state index contributed by atoms with van der Waals surface area (Å²) in [5.41, 5.74) is 2.68. The van der Waals surface area contributed by atoms with E-state index in [-0.39, 0.29) is 5.91 Å². The number of nitrogen functional groups attached to an aromatic ring is 1. The van der Waals surface area contributed by atoms with Gasteiger partial charge in [-0.05, 0) is 28.1 Å². The monoisotopic (exact) mass is 308 g/mol. The highest BCUT2D eigenvalue weighted by atomic mass is 79.9. The number of aromatic nitrogens is 3. The number of nitrogens with zero attached hydrogens (tertiary/aromatic N) is 3. The molecule has 92 valence electrons. The van der Waals surface area contributed by atoms with Gasteiger partial charge in [0.15, 0.2) is 11.6 Å². The maximum Gasteiger partial charge on any atom is 0.260 e. The Balaban J connectivity index is 2.19. The Hall–Kier alpha value is -2.06. The summed E-state index contributed by atoms with van der Waals surface area (Å²) in [5, 5.41) is 2.59. The Morgan fingerprint density at radius 2 is 2.11 bits per heavy atom. The highest BCUT2D eigenvalue weighted by Gasteiger charge is 2.12. The highest BCUT2D eigenvalue weighted by molar-refractivity contribution is 9.10. The third-order valence-corrected chi connectivity index (χ3v) is 2.46. The largest absolute Gasteiger partial charge is 0.308 e. The predicted octanol–water partition coefficient (Wildman–Crippen LogP) is 1.17. The average molecular weight is 309 g/mol. The maximum absolute atomic E-state index is 12.0. The molecule has 2 rings (SSSR count). The summed E-state index contributed by atoms with van der Waals surface area (Å²) in [6, 6.07) is 3.24. The summed E-state index contributed by atoms with van der Waals surface area (Å²) in [4.78, 5) is 23.8. The molecule has 0 spiro atoms. The van der Waals surface area contributed by atoms with Crippen LogP contribution in [-0.2, 0) is 0 Å². The number of hydrazine groups is 1. The molecular formula is C10H9BrN6O. The van der Waals surface area contributed by atoms with E-state index in [1.54, 1.807) is 12.1 Å². The molecule has 2 aromatic rings. The lowest BCUT2D eigenvalue weighted by molar-refractivity contribution is 0.102. The fourth-order valence-electron chi connectivity index (χ4n) is 1.26. The van der Waals surface area contributed by atoms with Gasteiger partial charge in [0, 0.05) is 6.20 Å². The summed E-state index contributed by atoms with van der Waals surface area (Å²) in [7, 11) is 0. The summed E-state index contributed by atoms with van der Waals surface area (Å²) in [6.45, 7) is 0. The van der Waals surface area contributed by atoms with Crippen LogP contribution in [0.15, 0.2) is 35.3 Å². The maximum atomic E-state index is 12.0. The van der Waals surface area contributed by atoms with Crippen molar-refractivity contribution in [3.8, 4) is 0 Å². The fraction of sp³-hybridized carbons (Fsp3) is 0. The Morgan fingerprint density at radius 1 is 1.28 bits per heavy atom. The molecule has 0 saturated carbocycles. The molecule has 0 atom stereocenters. The lowest BCUT2D eigenvalue weighted by Gasteiger charge is -2.07. The molecule has 2 aromatic heterocycles. The number of nitrogens with two attached hydrogens (primary N) is 1. The van der Waals surface area contributed by atoms with Crippen molar-refractivity contribution >= 4 is 33.5 Å². The number of rotatable bonds is 3. The zero-order chi connectivity index (χ0) is 13.0. The van der Waals surface area contributed by atoms with Gasteiger partial charge in [-0.3, -0.25) is 4.79 Å². The van der Waals surface area contributed by atoms with E-state index in [1.165, 1.54) is 18.6 Å². The molecule has 0 radical (unpaired) electrons. The lowest BCUT2D eigenvalue weighted by atomic mass is 10.2. The first-order chi connectivity index (χ1) is 8.70. The molecule has 0 aliphatic carbocycles. The molecular weight excluding hydrogens is 300 g/mol. The highest BCUT2D eigenvalue weighted by Crippen LogP contribution is 2.13. The first-order valence-electron chi connectivity index (χ1n) is 4.91. The number of hydrogen-bond acceptors (Lipinski definition) is 6. The van der Waals surface area contributed by atoms with Gasteiger partial charge in [0.05, 0.1) is 18.0 Å². The average Bonchev–Trinajstić information content (AvgIpc) is 2.41. The van der Waals surface area contributed by atoms with Crippen LogP contribution in [0.2, 0.25) is 0 Å². The van der Waals surface area contributed by atoms with E-state index in [1.807, 2.05) is 0 Å². The normalized spacial score (nSPS) is 9.89. The number of halogens is 1. The van der Waals surface area contributed by atoms with Gasteiger partial charge in [-0.25, -0.2) is 20.8 Å². The molecule has 0 bridgehead atoms. The van der Waals surface area contributed by atoms with Crippen molar-refractivity contribution in [2.75, 3.05) is 10.7 Å². The molecule has 0 aliphatic rings. The number of pyridine rings is 1. The fourth-order valence-corrected chi connectivity index (χ4v) is 1.47.